The molecule has 1 atom stereocenters. The van der Waals surface area contributed by atoms with Crippen LogP contribution in [0.3, 0.4) is 0 Å². The Labute approximate surface area is 219 Å². The van der Waals surface area contributed by atoms with Crippen LogP contribution in [0.2, 0.25) is 5.02 Å². The first-order valence-electron chi connectivity index (χ1n) is 11.6. The Balaban J connectivity index is 1.63. The van der Waals surface area contributed by atoms with E-state index in [1.54, 1.807) is 85.2 Å². The number of nitrogens with zero attached hydrogens (tertiary/aromatic N) is 2. The Morgan fingerprint density at radius 2 is 1.57 bits per heavy atom. The lowest BCUT2D eigenvalue weighted by atomic mass is 10.0. The van der Waals surface area contributed by atoms with E-state index in [0.29, 0.717) is 21.9 Å². The largest absolute Gasteiger partial charge is 0.482 e. The van der Waals surface area contributed by atoms with E-state index in [2.05, 4.69) is 10.3 Å². The maximum absolute atomic E-state index is 13.6. The highest BCUT2D eigenvalue weighted by atomic mass is 35.5. The fourth-order valence-electron chi connectivity index (χ4n) is 3.79. The second-order valence-electron chi connectivity index (χ2n) is 8.25. The van der Waals surface area contributed by atoms with Gasteiger partial charge in [0.25, 0.3) is 5.91 Å². The molecule has 188 valence electrons. The zero-order valence-corrected chi connectivity index (χ0v) is 20.6. The number of pyridine rings is 1. The summed E-state index contributed by atoms with van der Waals surface area (Å²) in [5.41, 5.74) is 2.16. The van der Waals surface area contributed by atoms with Crippen LogP contribution in [-0.2, 0) is 22.7 Å². The van der Waals surface area contributed by atoms with Crippen molar-refractivity contribution in [1.29, 1.82) is 0 Å². The Hall–Kier alpha value is -4.23. The summed E-state index contributed by atoms with van der Waals surface area (Å²) in [5.74, 6) is -0.829. The summed E-state index contributed by atoms with van der Waals surface area (Å²) in [6.45, 7) is -0.0154. The second-order valence-corrected chi connectivity index (χ2v) is 8.66. The van der Waals surface area contributed by atoms with Gasteiger partial charge in [-0.25, -0.2) is 4.39 Å². The predicted molar refractivity (Wildman–Crippen MR) is 139 cm³/mol. The molecule has 0 fully saturated rings. The van der Waals surface area contributed by atoms with Crippen LogP contribution in [0, 0.1) is 5.82 Å². The third-order valence-electron chi connectivity index (χ3n) is 5.67. The monoisotopic (exact) mass is 517 g/mol. The molecule has 0 bridgehead atoms. The third-order valence-corrected chi connectivity index (χ3v) is 5.98. The molecular weight excluding hydrogens is 493 g/mol. The number of hydrogen-bond acceptors (Lipinski definition) is 4. The quantitative estimate of drug-likeness (QED) is 0.308. The minimum absolute atomic E-state index is 0.0627. The van der Waals surface area contributed by atoms with Crippen LogP contribution in [0.25, 0.3) is 0 Å². The molecule has 8 heteroatoms. The van der Waals surface area contributed by atoms with Crippen LogP contribution in [0.5, 0.6) is 5.75 Å². The fraction of sp³-hybridized carbons (Fsp3) is 0.138. The van der Waals surface area contributed by atoms with Crippen molar-refractivity contribution in [2.45, 2.75) is 19.1 Å². The number of carbonyl (C=O) groups excluding carboxylic acids is 2. The summed E-state index contributed by atoms with van der Waals surface area (Å²) in [5, 5.41) is 3.30. The molecule has 0 spiro atoms. The molecule has 0 aliphatic rings. The normalized spacial score (nSPS) is 11.4. The van der Waals surface area contributed by atoms with Crippen LogP contribution in [0.15, 0.2) is 103 Å². The number of nitrogens with one attached hydrogen (secondary N) is 1. The van der Waals surface area contributed by atoms with E-state index in [4.69, 9.17) is 16.3 Å². The average Bonchev–Trinajstić information content (AvgIpc) is 2.93. The highest BCUT2D eigenvalue weighted by Crippen LogP contribution is 2.26. The smallest absolute Gasteiger partial charge is 0.261 e. The molecule has 0 aliphatic heterocycles. The van der Waals surface area contributed by atoms with Gasteiger partial charge in [0.2, 0.25) is 5.91 Å². The van der Waals surface area contributed by atoms with E-state index in [1.807, 2.05) is 6.07 Å². The van der Waals surface area contributed by atoms with Crippen molar-refractivity contribution in [3.05, 3.63) is 131 Å². The molecule has 37 heavy (non-hydrogen) atoms. The van der Waals surface area contributed by atoms with Crippen LogP contribution < -0.4 is 10.1 Å². The maximum atomic E-state index is 13.6. The first-order chi connectivity index (χ1) is 18.0. The van der Waals surface area contributed by atoms with Crippen molar-refractivity contribution in [2.75, 3.05) is 6.61 Å². The Morgan fingerprint density at radius 1 is 0.892 bits per heavy atom. The molecule has 0 radical (unpaired) electrons. The molecular formula is C29H25ClFN3O3. The maximum Gasteiger partial charge on any atom is 0.261 e. The summed E-state index contributed by atoms with van der Waals surface area (Å²) < 4.78 is 19.3. The first kappa shape index (κ1) is 25.9. The molecule has 6 nitrogen and oxygen atoms in total. The highest BCUT2D eigenvalue weighted by Gasteiger charge is 2.32. The highest BCUT2D eigenvalue weighted by molar-refractivity contribution is 6.32. The number of benzene rings is 3. The third kappa shape index (κ3) is 7.15. The molecule has 0 saturated heterocycles. The van der Waals surface area contributed by atoms with Gasteiger partial charge in [-0.05, 0) is 53.1 Å². The summed E-state index contributed by atoms with van der Waals surface area (Å²) >= 11 is 6.19. The van der Waals surface area contributed by atoms with Crippen molar-refractivity contribution >= 4 is 23.4 Å². The number of hydrogen-bond donors (Lipinski definition) is 1. The SMILES string of the molecule is O=C(NCc1ccncc1)C(c1ccccc1)N(Cc1ccc(F)cc1)C(=O)COc1ccccc1Cl. The molecule has 1 heterocycles. The number of aromatic nitrogens is 1. The van der Waals surface area contributed by atoms with E-state index >= 15 is 0 Å². The van der Waals surface area contributed by atoms with Gasteiger partial charge in [-0.3, -0.25) is 14.6 Å². The van der Waals surface area contributed by atoms with Crippen molar-refractivity contribution in [3.8, 4) is 5.75 Å². The molecule has 3 aromatic carbocycles. The van der Waals surface area contributed by atoms with E-state index in [9.17, 15) is 14.0 Å². The summed E-state index contributed by atoms with van der Waals surface area (Å²) in [6.07, 6.45) is 3.29. The number of halogens is 2. The van der Waals surface area contributed by atoms with Crippen molar-refractivity contribution in [2.24, 2.45) is 0 Å². The van der Waals surface area contributed by atoms with E-state index < -0.39 is 17.8 Å². The van der Waals surface area contributed by atoms with Crippen LogP contribution in [0.1, 0.15) is 22.7 Å². The van der Waals surface area contributed by atoms with Crippen LogP contribution in [-0.4, -0.2) is 28.3 Å². The average molecular weight is 518 g/mol. The minimum atomic E-state index is -0.963. The molecule has 0 saturated carbocycles. The van der Waals surface area contributed by atoms with Gasteiger partial charge >= 0.3 is 0 Å². The van der Waals surface area contributed by atoms with Crippen LogP contribution >= 0.6 is 11.6 Å². The number of para-hydroxylation sites is 1. The number of carbonyl (C=O) groups is 2. The lowest BCUT2D eigenvalue weighted by molar-refractivity contribution is -0.143. The zero-order valence-electron chi connectivity index (χ0n) is 19.9. The van der Waals surface area contributed by atoms with Gasteiger partial charge in [0.15, 0.2) is 6.61 Å². The lowest BCUT2D eigenvalue weighted by Gasteiger charge is -2.31. The van der Waals surface area contributed by atoms with Gasteiger partial charge in [-0.15, -0.1) is 0 Å². The summed E-state index contributed by atoms with van der Waals surface area (Å²) in [7, 11) is 0. The molecule has 4 rings (SSSR count). The summed E-state index contributed by atoms with van der Waals surface area (Å²) in [4.78, 5) is 32.6. The number of rotatable bonds is 10. The first-order valence-corrected chi connectivity index (χ1v) is 12.0. The predicted octanol–water partition coefficient (Wildman–Crippen LogP) is 5.34. The Kier molecular flexibility index (Phi) is 8.84. The molecule has 0 aliphatic carbocycles. The van der Waals surface area contributed by atoms with Gasteiger partial charge in [0.05, 0.1) is 5.02 Å². The van der Waals surface area contributed by atoms with Gasteiger partial charge in [0, 0.05) is 25.5 Å². The van der Waals surface area contributed by atoms with Crippen molar-refractivity contribution in [1.82, 2.24) is 15.2 Å². The van der Waals surface area contributed by atoms with Gasteiger partial charge in [-0.2, -0.15) is 0 Å². The molecule has 1 N–H and O–H groups in total. The van der Waals surface area contributed by atoms with Gasteiger partial charge < -0.3 is 15.0 Å². The van der Waals surface area contributed by atoms with E-state index in [0.717, 1.165) is 5.56 Å². The zero-order chi connectivity index (χ0) is 26.0. The van der Waals surface area contributed by atoms with Gasteiger partial charge in [-0.1, -0.05) is 66.2 Å². The van der Waals surface area contributed by atoms with E-state index in [-0.39, 0.29) is 25.6 Å². The Morgan fingerprint density at radius 3 is 2.27 bits per heavy atom. The standard InChI is InChI=1S/C29H25ClFN3O3/c30-25-8-4-5-9-26(25)37-20-27(35)34(19-22-10-12-24(31)13-11-22)28(23-6-2-1-3-7-23)29(36)33-18-21-14-16-32-17-15-21/h1-17,28H,18-20H2,(H,33,36). The number of ether oxygens (including phenoxy) is 1. The second kappa shape index (κ2) is 12.6. The lowest BCUT2D eigenvalue weighted by Crippen LogP contribution is -2.45. The topological polar surface area (TPSA) is 71.5 Å². The van der Waals surface area contributed by atoms with Crippen molar-refractivity contribution < 1.29 is 18.7 Å². The molecule has 2 amide bonds. The number of amides is 2. The van der Waals surface area contributed by atoms with E-state index in [1.165, 1.54) is 17.0 Å². The van der Waals surface area contributed by atoms with Crippen LogP contribution in [0.4, 0.5) is 4.39 Å². The van der Waals surface area contributed by atoms with Crippen molar-refractivity contribution in [3.63, 3.8) is 0 Å². The molecule has 4 aromatic rings. The minimum Gasteiger partial charge on any atom is -0.482 e. The van der Waals surface area contributed by atoms with Gasteiger partial charge in [0.1, 0.15) is 17.6 Å². The fourth-order valence-corrected chi connectivity index (χ4v) is 3.98. The Bertz CT molecular complexity index is 1320. The molecule has 1 unspecified atom stereocenters. The molecule has 1 aromatic heterocycles. The summed E-state index contributed by atoms with van der Waals surface area (Å²) in [6, 6.07) is 24.3.